The summed E-state index contributed by atoms with van der Waals surface area (Å²) >= 11 is 3.37. The van der Waals surface area contributed by atoms with Gasteiger partial charge in [0.25, 0.3) is 0 Å². The van der Waals surface area contributed by atoms with Gasteiger partial charge in [-0.25, -0.2) is 0 Å². The van der Waals surface area contributed by atoms with Crippen LogP contribution in [0.25, 0.3) is 11.3 Å². The normalized spacial score (nSPS) is 10.3. The van der Waals surface area contributed by atoms with Crippen LogP contribution in [0.3, 0.4) is 0 Å². The number of aromatic amines is 1. The summed E-state index contributed by atoms with van der Waals surface area (Å²) in [7, 11) is 0. The zero-order valence-electron chi connectivity index (χ0n) is 8.25. The summed E-state index contributed by atoms with van der Waals surface area (Å²) in [6.07, 6.45) is 0. The van der Waals surface area contributed by atoms with Gasteiger partial charge in [0, 0.05) is 28.0 Å². The van der Waals surface area contributed by atoms with Gasteiger partial charge >= 0.3 is 0 Å². The zero-order valence-corrected chi connectivity index (χ0v) is 9.84. The Balaban J connectivity index is 2.54. The van der Waals surface area contributed by atoms with Crippen molar-refractivity contribution in [3.8, 4) is 11.3 Å². The van der Waals surface area contributed by atoms with Crippen LogP contribution in [-0.4, -0.2) is 4.98 Å². The van der Waals surface area contributed by atoms with Crippen LogP contribution < -0.4 is 5.43 Å². The first-order valence-electron chi connectivity index (χ1n) is 4.62. The topological polar surface area (TPSA) is 32.9 Å². The number of hydrogen-bond donors (Lipinski definition) is 1. The molecule has 3 heteroatoms. The molecule has 2 nitrogen and oxygen atoms in total. The molecule has 0 saturated heterocycles. The maximum Gasteiger partial charge on any atom is 0.182 e. The number of pyridine rings is 1. The molecule has 0 radical (unpaired) electrons. The smallest absolute Gasteiger partial charge is 0.182 e. The van der Waals surface area contributed by atoms with Gasteiger partial charge in [-0.15, -0.1) is 0 Å². The molecule has 2 rings (SSSR count). The zero-order chi connectivity index (χ0) is 10.8. The van der Waals surface area contributed by atoms with Gasteiger partial charge in [0.15, 0.2) is 5.43 Å². The molecule has 15 heavy (non-hydrogen) atoms. The van der Waals surface area contributed by atoms with Crippen molar-refractivity contribution in [2.45, 2.75) is 6.92 Å². The largest absolute Gasteiger partial charge is 0.358 e. The van der Waals surface area contributed by atoms with Crippen molar-refractivity contribution in [3.05, 3.63) is 56.8 Å². The minimum absolute atomic E-state index is 0.0316. The average Bonchev–Trinajstić information content (AvgIpc) is 2.17. The first-order chi connectivity index (χ1) is 7.15. The molecule has 0 spiro atoms. The Labute approximate surface area is 96.1 Å². The van der Waals surface area contributed by atoms with E-state index in [0.717, 1.165) is 21.4 Å². The molecule has 0 bridgehead atoms. The third-order valence-corrected chi connectivity index (χ3v) is 2.66. The lowest BCUT2D eigenvalue weighted by Crippen LogP contribution is -2.01. The van der Waals surface area contributed by atoms with Gasteiger partial charge in [-0.05, 0) is 24.6 Å². The highest BCUT2D eigenvalue weighted by atomic mass is 79.9. The molecule has 0 aliphatic carbocycles. The number of hydrogen-bond acceptors (Lipinski definition) is 1. The van der Waals surface area contributed by atoms with E-state index in [1.54, 1.807) is 12.1 Å². The summed E-state index contributed by atoms with van der Waals surface area (Å²) in [6.45, 7) is 1.88. The van der Waals surface area contributed by atoms with Gasteiger partial charge in [0.05, 0.1) is 0 Å². The molecule has 76 valence electrons. The van der Waals surface area contributed by atoms with E-state index in [2.05, 4.69) is 20.9 Å². The Hall–Kier alpha value is -1.35. The molecular weight excluding hydrogens is 254 g/mol. The second-order valence-electron chi connectivity index (χ2n) is 3.42. The maximum absolute atomic E-state index is 11.3. The molecule has 0 fully saturated rings. The molecule has 0 aliphatic rings. The van der Waals surface area contributed by atoms with E-state index in [0.29, 0.717) is 0 Å². The van der Waals surface area contributed by atoms with Crippen LogP contribution in [0.15, 0.2) is 45.7 Å². The average molecular weight is 264 g/mol. The van der Waals surface area contributed by atoms with Crippen LogP contribution in [0.2, 0.25) is 0 Å². The Bertz CT molecular complexity index is 528. The number of aryl methyl sites for hydroxylation is 1. The van der Waals surface area contributed by atoms with Gasteiger partial charge in [-0.3, -0.25) is 4.79 Å². The van der Waals surface area contributed by atoms with Crippen molar-refractivity contribution in [1.29, 1.82) is 0 Å². The molecular formula is C12H10BrNO. The molecule has 0 amide bonds. The summed E-state index contributed by atoms with van der Waals surface area (Å²) in [6, 6.07) is 11.0. The van der Waals surface area contributed by atoms with E-state index >= 15 is 0 Å². The predicted octanol–water partition coefficient (Wildman–Crippen LogP) is 3.11. The summed E-state index contributed by atoms with van der Waals surface area (Å²) in [5.74, 6) is 0. The molecule has 0 aliphatic heterocycles. The number of aromatic nitrogens is 1. The van der Waals surface area contributed by atoms with Crippen molar-refractivity contribution >= 4 is 15.9 Å². The monoisotopic (exact) mass is 263 g/mol. The molecule has 0 atom stereocenters. The van der Waals surface area contributed by atoms with Crippen LogP contribution in [0.4, 0.5) is 0 Å². The molecule has 0 unspecified atom stereocenters. The number of benzene rings is 1. The Kier molecular flexibility index (Phi) is 2.73. The summed E-state index contributed by atoms with van der Waals surface area (Å²) in [5, 5.41) is 0. The summed E-state index contributed by atoms with van der Waals surface area (Å²) in [4.78, 5) is 14.5. The lowest BCUT2D eigenvalue weighted by molar-refractivity contribution is 1.19. The third-order valence-electron chi connectivity index (χ3n) is 2.13. The maximum atomic E-state index is 11.3. The van der Waals surface area contributed by atoms with Crippen LogP contribution in [0.5, 0.6) is 0 Å². The highest BCUT2D eigenvalue weighted by Gasteiger charge is 1.99. The minimum atomic E-state index is 0.0316. The van der Waals surface area contributed by atoms with E-state index < -0.39 is 0 Å². The summed E-state index contributed by atoms with van der Waals surface area (Å²) < 4.78 is 1.03. The van der Waals surface area contributed by atoms with Crippen molar-refractivity contribution in [3.63, 3.8) is 0 Å². The number of H-pyrrole nitrogens is 1. The van der Waals surface area contributed by atoms with E-state index in [1.807, 2.05) is 31.2 Å². The van der Waals surface area contributed by atoms with Crippen LogP contribution in [0.1, 0.15) is 5.69 Å². The quantitative estimate of drug-likeness (QED) is 0.843. The van der Waals surface area contributed by atoms with Gasteiger partial charge in [0.1, 0.15) is 0 Å². The minimum Gasteiger partial charge on any atom is -0.358 e. The number of nitrogens with one attached hydrogen (secondary N) is 1. The molecule has 1 aromatic heterocycles. The number of halogens is 1. The second kappa shape index (κ2) is 4.03. The summed E-state index contributed by atoms with van der Waals surface area (Å²) in [5.41, 5.74) is 2.77. The van der Waals surface area contributed by atoms with Gasteiger partial charge in [0.2, 0.25) is 0 Å². The first kappa shape index (κ1) is 10.2. The fraction of sp³-hybridized carbons (Fsp3) is 0.0833. The third kappa shape index (κ3) is 2.36. The standard InChI is InChI=1S/C12H10BrNO/c1-8-6-11(15)7-12(14-8)9-2-4-10(13)5-3-9/h2-7H,1H3,(H,14,15). The molecule has 2 aromatic rings. The number of rotatable bonds is 1. The van der Waals surface area contributed by atoms with Crippen LogP contribution in [0, 0.1) is 6.92 Å². The van der Waals surface area contributed by atoms with Gasteiger partial charge in [-0.1, -0.05) is 28.1 Å². The van der Waals surface area contributed by atoms with E-state index in [9.17, 15) is 4.79 Å². The Morgan fingerprint density at radius 3 is 2.40 bits per heavy atom. The van der Waals surface area contributed by atoms with Crippen molar-refractivity contribution < 1.29 is 0 Å². The van der Waals surface area contributed by atoms with Crippen LogP contribution in [-0.2, 0) is 0 Å². The Morgan fingerprint density at radius 1 is 1.13 bits per heavy atom. The van der Waals surface area contributed by atoms with E-state index in [4.69, 9.17) is 0 Å². The predicted molar refractivity (Wildman–Crippen MR) is 64.9 cm³/mol. The highest BCUT2D eigenvalue weighted by molar-refractivity contribution is 9.10. The second-order valence-corrected chi connectivity index (χ2v) is 4.34. The molecule has 1 aromatic carbocycles. The fourth-order valence-corrected chi connectivity index (χ4v) is 1.73. The highest BCUT2D eigenvalue weighted by Crippen LogP contribution is 2.18. The van der Waals surface area contributed by atoms with E-state index in [-0.39, 0.29) is 5.43 Å². The van der Waals surface area contributed by atoms with Gasteiger partial charge in [-0.2, -0.15) is 0 Å². The first-order valence-corrected chi connectivity index (χ1v) is 5.41. The van der Waals surface area contributed by atoms with Crippen LogP contribution >= 0.6 is 15.9 Å². The Morgan fingerprint density at radius 2 is 1.80 bits per heavy atom. The van der Waals surface area contributed by atoms with E-state index in [1.165, 1.54) is 0 Å². The lowest BCUT2D eigenvalue weighted by atomic mass is 10.1. The molecule has 1 N–H and O–H groups in total. The fourth-order valence-electron chi connectivity index (χ4n) is 1.47. The molecule has 1 heterocycles. The lowest BCUT2D eigenvalue weighted by Gasteiger charge is -2.03. The van der Waals surface area contributed by atoms with Crippen molar-refractivity contribution in [1.82, 2.24) is 4.98 Å². The van der Waals surface area contributed by atoms with Crippen molar-refractivity contribution in [2.75, 3.05) is 0 Å². The SMILES string of the molecule is Cc1cc(=O)cc(-c2ccc(Br)cc2)[nH]1. The van der Waals surface area contributed by atoms with Gasteiger partial charge < -0.3 is 4.98 Å². The van der Waals surface area contributed by atoms with Crippen molar-refractivity contribution in [2.24, 2.45) is 0 Å². The molecule has 0 saturated carbocycles.